The molecule has 0 amide bonds. The third-order valence-corrected chi connectivity index (χ3v) is 4.45. The van der Waals surface area contributed by atoms with Crippen molar-refractivity contribution in [2.24, 2.45) is 0 Å². The first-order valence-corrected chi connectivity index (χ1v) is 6.85. The van der Waals surface area contributed by atoms with Crippen LogP contribution < -0.4 is 4.90 Å². The highest BCUT2D eigenvalue weighted by Gasteiger charge is 2.26. The summed E-state index contributed by atoms with van der Waals surface area (Å²) in [7, 11) is 0. The number of anilines is 1. The third-order valence-electron chi connectivity index (χ3n) is 3.34. The molecular weight excluding hydrogens is 220 g/mol. The van der Waals surface area contributed by atoms with Crippen LogP contribution in [-0.4, -0.2) is 29.3 Å². The lowest BCUT2D eigenvalue weighted by Gasteiger charge is -2.23. The number of aliphatic hydroxyl groups excluding tert-OH is 1. The van der Waals surface area contributed by atoms with E-state index in [0.29, 0.717) is 12.6 Å². The fraction of sp³-hybridized carbons (Fsp3) is 0.750. The van der Waals surface area contributed by atoms with Gasteiger partial charge in [0.25, 0.3) is 0 Å². The van der Waals surface area contributed by atoms with Crippen LogP contribution in [-0.2, 0) is 0 Å². The molecule has 1 fully saturated rings. The van der Waals surface area contributed by atoms with Crippen molar-refractivity contribution in [3.05, 3.63) is 10.6 Å². The summed E-state index contributed by atoms with van der Waals surface area (Å²) in [6.07, 6.45) is 4.50. The Kier molecular flexibility index (Phi) is 3.82. The standard InChI is InChI=1S/C12H20N2OS/c1-9-10(2)16-12(13-9)14-7-3-5-11(14)6-4-8-15/h11,15H,3-8H2,1-2H3. The van der Waals surface area contributed by atoms with E-state index in [4.69, 9.17) is 5.11 Å². The number of nitrogens with zero attached hydrogens (tertiary/aromatic N) is 2. The number of aromatic nitrogens is 1. The second kappa shape index (κ2) is 5.15. The molecule has 0 aromatic carbocycles. The Morgan fingerprint density at radius 2 is 2.31 bits per heavy atom. The van der Waals surface area contributed by atoms with Crippen LogP contribution in [0, 0.1) is 13.8 Å². The molecule has 2 rings (SSSR count). The zero-order valence-corrected chi connectivity index (χ0v) is 10.9. The number of thiazole rings is 1. The van der Waals surface area contributed by atoms with E-state index in [0.717, 1.165) is 25.1 Å². The molecule has 1 aromatic heterocycles. The molecule has 0 aliphatic carbocycles. The van der Waals surface area contributed by atoms with Gasteiger partial charge in [-0.1, -0.05) is 0 Å². The summed E-state index contributed by atoms with van der Waals surface area (Å²) in [6, 6.07) is 0.595. The van der Waals surface area contributed by atoms with Gasteiger partial charge in [-0.2, -0.15) is 0 Å². The molecule has 90 valence electrons. The average molecular weight is 240 g/mol. The quantitative estimate of drug-likeness (QED) is 0.878. The van der Waals surface area contributed by atoms with Crippen LogP contribution in [0.15, 0.2) is 0 Å². The molecule has 0 saturated carbocycles. The maximum absolute atomic E-state index is 8.90. The largest absolute Gasteiger partial charge is 0.396 e. The SMILES string of the molecule is Cc1nc(N2CCCC2CCCO)sc1C. The molecule has 0 spiro atoms. The van der Waals surface area contributed by atoms with E-state index in [-0.39, 0.29) is 0 Å². The van der Waals surface area contributed by atoms with E-state index in [1.165, 1.54) is 22.9 Å². The lowest BCUT2D eigenvalue weighted by atomic mass is 10.1. The van der Waals surface area contributed by atoms with Gasteiger partial charge in [-0.15, -0.1) is 11.3 Å². The minimum absolute atomic E-state index is 0.306. The van der Waals surface area contributed by atoms with Crippen LogP contribution in [0.1, 0.15) is 36.3 Å². The number of hydrogen-bond acceptors (Lipinski definition) is 4. The van der Waals surface area contributed by atoms with Crippen molar-refractivity contribution < 1.29 is 5.11 Å². The highest BCUT2D eigenvalue weighted by Crippen LogP contribution is 2.32. The first-order chi connectivity index (χ1) is 7.72. The van der Waals surface area contributed by atoms with E-state index in [1.807, 2.05) is 0 Å². The van der Waals surface area contributed by atoms with Crippen molar-refractivity contribution in [1.82, 2.24) is 4.98 Å². The summed E-state index contributed by atoms with van der Waals surface area (Å²) < 4.78 is 0. The predicted molar refractivity (Wildman–Crippen MR) is 68.3 cm³/mol. The second-order valence-corrected chi connectivity index (χ2v) is 5.67. The number of aliphatic hydroxyl groups is 1. The number of rotatable bonds is 4. The summed E-state index contributed by atoms with van der Waals surface area (Å²) in [5.74, 6) is 0. The van der Waals surface area contributed by atoms with Crippen molar-refractivity contribution in [3.8, 4) is 0 Å². The molecule has 1 aliphatic heterocycles. The molecule has 0 bridgehead atoms. The molecule has 3 nitrogen and oxygen atoms in total. The molecule has 0 radical (unpaired) electrons. The lowest BCUT2D eigenvalue weighted by Crippen LogP contribution is -2.29. The van der Waals surface area contributed by atoms with E-state index in [1.54, 1.807) is 11.3 Å². The van der Waals surface area contributed by atoms with Gasteiger partial charge < -0.3 is 10.0 Å². The van der Waals surface area contributed by atoms with Gasteiger partial charge in [0.05, 0.1) is 5.69 Å². The minimum Gasteiger partial charge on any atom is -0.396 e. The molecule has 1 aromatic rings. The topological polar surface area (TPSA) is 36.4 Å². The van der Waals surface area contributed by atoms with Gasteiger partial charge in [0, 0.05) is 24.1 Å². The van der Waals surface area contributed by atoms with Crippen LogP contribution in [0.5, 0.6) is 0 Å². The van der Waals surface area contributed by atoms with E-state index in [2.05, 4.69) is 23.7 Å². The maximum atomic E-state index is 8.90. The molecule has 1 aliphatic rings. The van der Waals surface area contributed by atoms with Crippen LogP contribution >= 0.6 is 11.3 Å². The lowest BCUT2D eigenvalue weighted by molar-refractivity contribution is 0.279. The van der Waals surface area contributed by atoms with Gasteiger partial charge in [-0.25, -0.2) is 4.98 Å². The van der Waals surface area contributed by atoms with E-state index < -0.39 is 0 Å². The van der Waals surface area contributed by atoms with Gasteiger partial charge >= 0.3 is 0 Å². The molecule has 16 heavy (non-hydrogen) atoms. The van der Waals surface area contributed by atoms with Gasteiger partial charge in [-0.05, 0) is 39.5 Å². The molecule has 4 heteroatoms. The predicted octanol–water partition coefficient (Wildman–Crippen LogP) is 2.50. The van der Waals surface area contributed by atoms with Crippen LogP contribution in [0.25, 0.3) is 0 Å². The van der Waals surface area contributed by atoms with Gasteiger partial charge in [0.2, 0.25) is 0 Å². The zero-order chi connectivity index (χ0) is 11.5. The summed E-state index contributed by atoms with van der Waals surface area (Å²) in [4.78, 5) is 8.39. The summed E-state index contributed by atoms with van der Waals surface area (Å²) in [5, 5.41) is 10.1. The first kappa shape index (κ1) is 11.9. The Hall–Kier alpha value is -0.610. The van der Waals surface area contributed by atoms with Crippen LogP contribution in [0.2, 0.25) is 0 Å². The summed E-state index contributed by atoms with van der Waals surface area (Å²) in [6.45, 7) is 5.65. The van der Waals surface area contributed by atoms with Crippen molar-refractivity contribution in [2.45, 2.75) is 45.6 Å². The maximum Gasteiger partial charge on any atom is 0.186 e. The Bertz CT molecular complexity index is 331. The fourth-order valence-electron chi connectivity index (χ4n) is 2.29. The van der Waals surface area contributed by atoms with Gasteiger partial charge in [0.1, 0.15) is 0 Å². The van der Waals surface area contributed by atoms with Crippen molar-refractivity contribution in [1.29, 1.82) is 0 Å². The molecule has 1 atom stereocenters. The molecule has 2 heterocycles. The van der Waals surface area contributed by atoms with E-state index in [9.17, 15) is 0 Å². The van der Waals surface area contributed by atoms with Crippen LogP contribution in [0.3, 0.4) is 0 Å². The van der Waals surface area contributed by atoms with Crippen molar-refractivity contribution in [3.63, 3.8) is 0 Å². The second-order valence-electron chi connectivity index (χ2n) is 4.49. The average Bonchev–Trinajstić information content (AvgIpc) is 2.83. The highest BCUT2D eigenvalue weighted by atomic mass is 32.1. The molecule has 1 saturated heterocycles. The molecular formula is C12H20N2OS. The van der Waals surface area contributed by atoms with Gasteiger partial charge in [0.15, 0.2) is 5.13 Å². The van der Waals surface area contributed by atoms with Crippen molar-refractivity contribution >= 4 is 16.5 Å². The highest BCUT2D eigenvalue weighted by molar-refractivity contribution is 7.15. The Balaban J connectivity index is 2.07. The Morgan fingerprint density at radius 1 is 1.50 bits per heavy atom. The summed E-state index contributed by atoms with van der Waals surface area (Å²) >= 11 is 1.80. The third kappa shape index (κ3) is 2.38. The monoisotopic (exact) mass is 240 g/mol. The Labute approximate surface area is 101 Å². The smallest absolute Gasteiger partial charge is 0.186 e. The first-order valence-electron chi connectivity index (χ1n) is 6.04. The number of hydrogen-bond donors (Lipinski definition) is 1. The van der Waals surface area contributed by atoms with Gasteiger partial charge in [-0.3, -0.25) is 0 Å². The van der Waals surface area contributed by atoms with Crippen molar-refractivity contribution in [2.75, 3.05) is 18.1 Å². The molecule has 1 N–H and O–H groups in total. The fourth-order valence-corrected chi connectivity index (χ4v) is 3.30. The summed E-state index contributed by atoms with van der Waals surface area (Å²) in [5.41, 5.74) is 1.16. The molecule has 1 unspecified atom stereocenters. The zero-order valence-electron chi connectivity index (χ0n) is 10.1. The van der Waals surface area contributed by atoms with Crippen LogP contribution in [0.4, 0.5) is 5.13 Å². The normalized spacial score (nSPS) is 20.7. The Morgan fingerprint density at radius 3 is 2.94 bits per heavy atom. The van der Waals surface area contributed by atoms with E-state index >= 15 is 0 Å². The minimum atomic E-state index is 0.306. The number of aryl methyl sites for hydroxylation is 2.